The standard InChI is InChI=1S/C19H16ClN3O3S/c1-11-8-21-18(27-11)14-10-22-5-6-23(9-12-3-2-4-13(20)7-12)19(26)15(22)17(25)16(14)24/h2-4,7-8,10,25H,5-6,9H2,1H3. The van der Waals surface area contributed by atoms with Gasteiger partial charge in [-0.3, -0.25) is 9.59 Å². The molecule has 1 amide bonds. The molecule has 138 valence electrons. The number of halogens is 1. The molecule has 0 atom stereocenters. The van der Waals surface area contributed by atoms with E-state index >= 15 is 0 Å². The van der Waals surface area contributed by atoms with E-state index in [2.05, 4.69) is 4.98 Å². The van der Waals surface area contributed by atoms with Crippen LogP contribution in [0.5, 0.6) is 5.75 Å². The smallest absolute Gasteiger partial charge is 0.274 e. The molecule has 0 saturated carbocycles. The third-order valence-corrected chi connectivity index (χ3v) is 5.65. The zero-order valence-electron chi connectivity index (χ0n) is 14.5. The van der Waals surface area contributed by atoms with E-state index in [9.17, 15) is 14.7 Å². The van der Waals surface area contributed by atoms with Gasteiger partial charge < -0.3 is 14.6 Å². The van der Waals surface area contributed by atoms with Crippen molar-refractivity contribution in [1.82, 2.24) is 14.5 Å². The highest BCUT2D eigenvalue weighted by Gasteiger charge is 2.30. The number of thiazole rings is 1. The highest BCUT2D eigenvalue weighted by atomic mass is 35.5. The summed E-state index contributed by atoms with van der Waals surface area (Å²) in [5.41, 5.74) is 0.644. The van der Waals surface area contributed by atoms with Gasteiger partial charge in [0.2, 0.25) is 5.43 Å². The molecule has 1 aromatic carbocycles. The Labute approximate surface area is 164 Å². The van der Waals surface area contributed by atoms with Crippen LogP contribution in [0.1, 0.15) is 20.9 Å². The molecule has 3 aromatic rings. The number of aromatic hydroxyl groups is 1. The van der Waals surface area contributed by atoms with Gasteiger partial charge in [-0.2, -0.15) is 0 Å². The summed E-state index contributed by atoms with van der Waals surface area (Å²) in [6.07, 6.45) is 3.29. The van der Waals surface area contributed by atoms with Crippen molar-refractivity contribution >= 4 is 28.8 Å². The predicted octanol–water partition coefficient (Wildman–Crippen LogP) is 3.30. The maximum absolute atomic E-state index is 12.9. The highest BCUT2D eigenvalue weighted by molar-refractivity contribution is 7.14. The Hall–Kier alpha value is -2.64. The van der Waals surface area contributed by atoms with E-state index in [1.807, 2.05) is 19.1 Å². The molecule has 0 spiro atoms. The maximum atomic E-state index is 12.9. The van der Waals surface area contributed by atoms with E-state index in [1.165, 1.54) is 11.3 Å². The number of carbonyl (C=O) groups excluding carboxylic acids is 1. The molecule has 0 aliphatic carbocycles. The van der Waals surface area contributed by atoms with Crippen molar-refractivity contribution in [1.29, 1.82) is 0 Å². The first-order valence-corrected chi connectivity index (χ1v) is 9.56. The number of nitrogens with zero attached hydrogens (tertiary/aromatic N) is 3. The fourth-order valence-electron chi connectivity index (χ4n) is 3.17. The topological polar surface area (TPSA) is 75.4 Å². The Kier molecular flexibility index (Phi) is 4.49. The average Bonchev–Trinajstić information content (AvgIpc) is 3.06. The lowest BCUT2D eigenvalue weighted by molar-refractivity contribution is 0.0683. The number of fused-ring (bicyclic) bond motifs is 1. The molecule has 0 saturated heterocycles. The van der Waals surface area contributed by atoms with Gasteiger partial charge in [-0.1, -0.05) is 23.7 Å². The largest absolute Gasteiger partial charge is 0.503 e. The third kappa shape index (κ3) is 3.24. The number of benzene rings is 1. The Bertz CT molecular complexity index is 1110. The van der Waals surface area contributed by atoms with Gasteiger partial charge in [0, 0.05) is 41.9 Å². The van der Waals surface area contributed by atoms with Gasteiger partial charge in [0.1, 0.15) is 5.01 Å². The van der Waals surface area contributed by atoms with Crippen molar-refractivity contribution < 1.29 is 9.90 Å². The van der Waals surface area contributed by atoms with Crippen LogP contribution >= 0.6 is 22.9 Å². The van der Waals surface area contributed by atoms with Crippen LogP contribution in [0, 0.1) is 6.92 Å². The minimum absolute atomic E-state index is 0.0188. The summed E-state index contributed by atoms with van der Waals surface area (Å²) >= 11 is 7.38. The lowest BCUT2D eigenvalue weighted by atomic mass is 10.1. The van der Waals surface area contributed by atoms with E-state index in [0.29, 0.717) is 35.2 Å². The summed E-state index contributed by atoms with van der Waals surface area (Å²) in [4.78, 5) is 32.3. The lowest BCUT2D eigenvalue weighted by Crippen LogP contribution is -2.41. The van der Waals surface area contributed by atoms with Gasteiger partial charge in [-0.25, -0.2) is 4.98 Å². The van der Waals surface area contributed by atoms with Gasteiger partial charge in [-0.15, -0.1) is 11.3 Å². The van der Waals surface area contributed by atoms with Crippen LogP contribution in [0.25, 0.3) is 10.6 Å². The summed E-state index contributed by atoms with van der Waals surface area (Å²) in [5, 5.41) is 11.6. The summed E-state index contributed by atoms with van der Waals surface area (Å²) in [5.74, 6) is -0.904. The van der Waals surface area contributed by atoms with Gasteiger partial charge in [0.05, 0.1) is 5.56 Å². The summed E-state index contributed by atoms with van der Waals surface area (Å²) in [6, 6.07) is 7.27. The zero-order valence-corrected chi connectivity index (χ0v) is 16.0. The van der Waals surface area contributed by atoms with Gasteiger partial charge >= 0.3 is 0 Å². The van der Waals surface area contributed by atoms with Crippen LogP contribution in [0.15, 0.2) is 41.5 Å². The number of carbonyl (C=O) groups is 1. The van der Waals surface area contributed by atoms with Crippen molar-refractivity contribution in [3.63, 3.8) is 0 Å². The van der Waals surface area contributed by atoms with E-state index in [-0.39, 0.29) is 11.6 Å². The molecule has 1 aliphatic rings. The number of aryl methyl sites for hydroxylation is 1. The fraction of sp³-hybridized carbons (Fsp3) is 0.211. The minimum atomic E-state index is -0.575. The summed E-state index contributed by atoms with van der Waals surface area (Å²) in [6.45, 7) is 3.21. The quantitative estimate of drug-likeness (QED) is 0.730. The molecule has 27 heavy (non-hydrogen) atoms. The van der Waals surface area contributed by atoms with Crippen LogP contribution in [-0.2, 0) is 13.1 Å². The number of aromatic nitrogens is 2. The van der Waals surface area contributed by atoms with Crippen molar-refractivity contribution in [2.45, 2.75) is 20.0 Å². The van der Waals surface area contributed by atoms with Crippen LogP contribution in [0.2, 0.25) is 5.02 Å². The molecule has 6 nitrogen and oxygen atoms in total. The van der Waals surface area contributed by atoms with E-state index in [1.54, 1.807) is 34.0 Å². The number of amides is 1. The molecule has 8 heteroatoms. The van der Waals surface area contributed by atoms with Gasteiger partial charge in [-0.05, 0) is 24.6 Å². The van der Waals surface area contributed by atoms with Crippen molar-refractivity contribution in [3.8, 4) is 16.3 Å². The Morgan fingerprint density at radius 2 is 2.11 bits per heavy atom. The van der Waals surface area contributed by atoms with Gasteiger partial charge in [0.15, 0.2) is 11.4 Å². The molecule has 1 N–H and O–H groups in total. The van der Waals surface area contributed by atoms with Crippen LogP contribution in [0.3, 0.4) is 0 Å². The molecule has 3 heterocycles. The first kappa shape index (κ1) is 17.8. The minimum Gasteiger partial charge on any atom is -0.503 e. The molecular weight excluding hydrogens is 386 g/mol. The van der Waals surface area contributed by atoms with Crippen LogP contribution in [-0.4, -0.2) is 32.0 Å². The number of pyridine rings is 1. The highest BCUT2D eigenvalue weighted by Crippen LogP contribution is 2.28. The monoisotopic (exact) mass is 401 g/mol. The van der Waals surface area contributed by atoms with Crippen molar-refractivity contribution in [2.75, 3.05) is 6.54 Å². The second-order valence-electron chi connectivity index (χ2n) is 6.40. The first-order valence-electron chi connectivity index (χ1n) is 8.37. The average molecular weight is 402 g/mol. The van der Waals surface area contributed by atoms with Crippen LogP contribution < -0.4 is 5.43 Å². The van der Waals surface area contributed by atoms with E-state index in [4.69, 9.17) is 11.6 Å². The van der Waals surface area contributed by atoms with Crippen molar-refractivity contribution in [2.24, 2.45) is 0 Å². The number of hydrogen-bond donors (Lipinski definition) is 1. The van der Waals surface area contributed by atoms with E-state index in [0.717, 1.165) is 10.4 Å². The van der Waals surface area contributed by atoms with Crippen molar-refractivity contribution in [3.05, 3.63) is 68.0 Å². The molecule has 0 radical (unpaired) electrons. The SMILES string of the molecule is Cc1cnc(-c2cn3c(c(O)c2=O)C(=O)N(Cc2cccc(Cl)c2)CC3)s1. The maximum Gasteiger partial charge on any atom is 0.274 e. The Morgan fingerprint density at radius 1 is 1.30 bits per heavy atom. The van der Waals surface area contributed by atoms with Gasteiger partial charge in [0.25, 0.3) is 5.91 Å². The predicted molar refractivity (Wildman–Crippen MR) is 104 cm³/mol. The Morgan fingerprint density at radius 3 is 2.81 bits per heavy atom. The van der Waals surface area contributed by atoms with Crippen LogP contribution in [0.4, 0.5) is 0 Å². The zero-order chi connectivity index (χ0) is 19.1. The van der Waals surface area contributed by atoms with E-state index < -0.39 is 11.2 Å². The number of hydrogen-bond acceptors (Lipinski definition) is 5. The third-order valence-electron chi connectivity index (χ3n) is 4.47. The summed E-state index contributed by atoms with van der Waals surface area (Å²) < 4.78 is 1.64. The summed E-state index contributed by atoms with van der Waals surface area (Å²) in [7, 11) is 0. The molecular formula is C19H16ClN3O3S. The second-order valence-corrected chi connectivity index (χ2v) is 8.07. The molecule has 2 aromatic heterocycles. The molecule has 0 bridgehead atoms. The fourth-order valence-corrected chi connectivity index (χ4v) is 4.15. The normalized spacial score (nSPS) is 13.7. The molecule has 4 rings (SSSR count). The second kappa shape index (κ2) is 6.83. The Balaban J connectivity index is 1.71. The first-order chi connectivity index (χ1) is 12.9. The lowest BCUT2D eigenvalue weighted by Gasteiger charge is -2.30. The molecule has 1 aliphatic heterocycles. The molecule has 0 fully saturated rings. The molecule has 0 unspecified atom stereocenters. The number of rotatable bonds is 3.